The van der Waals surface area contributed by atoms with E-state index in [1.54, 1.807) is 11.3 Å². The molecule has 0 saturated carbocycles. The Kier molecular flexibility index (Phi) is 7.11. The van der Waals surface area contributed by atoms with Crippen molar-refractivity contribution in [2.75, 3.05) is 0 Å². The van der Waals surface area contributed by atoms with Crippen molar-refractivity contribution in [2.45, 2.75) is 9.79 Å². The number of aromatic nitrogens is 3. The molecule has 0 fully saturated rings. The van der Waals surface area contributed by atoms with Crippen LogP contribution in [0.3, 0.4) is 0 Å². The van der Waals surface area contributed by atoms with Crippen molar-refractivity contribution in [1.29, 1.82) is 0 Å². The summed E-state index contributed by atoms with van der Waals surface area (Å²) in [6.45, 7) is 0. The quantitative estimate of drug-likeness (QED) is 0.178. The average Bonchev–Trinajstić information content (AvgIpc) is 3.83. The van der Waals surface area contributed by atoms with E-state index in [4.69, 9.17) is 9.97 Å². The van der Waals surface area contributed by atoms with E-state index in [0.29, 0.717) is 0 Å². The van der Waals surface area contributed by atoms with E-state index < -0.39 is 0 Å². The highest BCUT2D eigenvalue weighted by Crippen LogP contribution is 2.53. The lowest BCUT2D eigenvalue weighted by Gasteiger charge is -2.24. The lowest BCUT2D eigenvalue weighted by Crippen LogP contribution is -2.01. The van der Waals surface area contributed by atoms with Gasteiger partial charge >= 0.3 is 0 Å². The molecular formula is C54H31N3S2. The number of nitrogens with zero attached hydrogens (tertiary/aromatic N) is 3. The highest BCUT2D eigenvalue weighted by Gasteiger charge is 2.27. The van der Waals surface area contributed by atoms with Gasteiger partial charge in [-0.2, -0.15) is 0 Å². The van der Waals surface area contributed by atoms with Crippen LogP contribution in [0.25, 0.3) is 114 Å². The summed E-state index contributed by atoms with van der Waals surface area (Å²) in [5.41, 5.74) is 12.5. The zero-order valence-electron chi connectivity index (χ0n) is 31.6. The molecule has 0 saturated heterocycles. The maximum atomic E-state index is 5.50. The van der Waals surface area contributed by atoms with Gasteiger partial charge in [-0.05, 0) is 69.9 Å². The van der Waals surface area contributed by atoms with E-state index in [9.17, 15) is 0 Å². The van der Waals surface area contributed by atoms with Crippen molar-refractivity contribution in [2.24, 2.45) is 0 Å². The first kappa shape index (κ1) is 33.0. The predicted molar refractivity (Wildman–Crippen MR) is 250 cm³/mol. The topological polar surface area (TPSA) is 30.7 Å². The molecule has 12 aromatic rings. The first-order chi connectivity index (χ1) is 29.2. The van der Waals surface area contributed by atoms with Crippen LogP contribution in [0.2, 0.25) is 0 Å². The predicted octanol–water partition coefficient (Wildman–Crippen LogP) is 15.4. The molecule has 0 bridgehead atoms. The van der Waals surface area contributed by atoms with Gasteiger partial charge in [-0.15, -0.1) is 11.3 Å². The number of fused-ring (bicyclic) bond motifs is 9. The summed E-state index contributed by atoms with van der Waals surface area (Å²) in [7, 11) is 0. The normalized spacial score (nSPS) is 12.3. The Morgan fingerprint density at radius 3 is 2.02 bits per heavy atom. The summed E-state index contributed by atoms with van der Waals surface area (Å²) in [5, 5.41) is 8.67. The highest BCUT2D eigenvalue weighted by atomic mass is 32.2. The summed E-state index contributed by atoms with van der Waals surface area (Å²) in [6, 6.07) is 68.3. The van der Waals surface area contributed by atoms with Crippen LogP contribution in [0, 0.1) is 0 Å². The van der Waals surface area contributed by atoms with Crippen LogP contribution >= 0.6 is 23.1 Å². The van der Waals surface area contributed by atoms with Crippen LogP contribution in [-0.4, -0.2) is 14.5 Å². The lowest BCUT2D eigenvalue weighted by molar-refractivity contribution is 1.19. The average molecular weight is 786 g/mol. The molecule has 13 rings (SSSR count). The van der Waals surface area contributed by atoms with Gasteiger partial charge in [0.25, 0.3) is 0 Å². The van der Waals surface area contributed by atoms with Crippen molar-refractivity contribution in [3.63, 3.8) is 0 Å². The number of benzene rings is 9. The van der Waals surface area contributed by atoms with Gasteiger partial charge in [-0.1, -0.05) is 157 Å². The molecule has 0 spiro atoms. The van der Waals surface area contributed by atoms with Crippen LogP contribution < -0.4 is 0 Å². The fourth-order valence-electron chi connectivity index (χ4n) is 9.32. The lowest BCUT2D eigenvalue weighted by atomic mass is 9.92. The van der Waals surface area contributed by atoms with Gasteiger partial charge in [-0.25, -0.2) is 9.97 Å². The fraction of sp³-hybridized carbons (Fsp3) is 0. The highest BCUT2D eigenvalue weighted by molar-refractivity contribution is 7.99. The molecule has 0 aliphatic carbocycles. The Morgan fingerprint density at radius 1 is 0.441 bits per heavy atom. The van der Waals surface area contributed by atoms with Crippen molar-refractivity contribution in [3.8, 4) is 50.6 Å². The summed E-state index contributed by atoms with van der Waals surface area (Å²) in [4.78, 5) is 13.4. The van der Waals surface area contributed by atoms with E-state index in [-0.39, 0.29) is 0 Å². The van der Waals surface area contributed by atoms with Gasteiger partial charge < -0.3 is 4.57 Å². The minimum Gasteiger partial charge on any atom is -0.309 e. The maximum absolute atomic E-state index is 5.50. The first-order valence-electron chi connectivity index (χ1n) is 19.9. The van der Waals surface area contributed by atoms with Crippen LogP contribution in [0.15, 0.2) is 198 Å². The Bertz CT molecular complexity index is 3690. The molecule has 3 nitrogen and oxygen atoms in total. The molecule has 0 atom stereocenters. The molecule has 1 aliphatic heterocycles. The third-order valence-corrected chi connectivity index (χ3v) is 14.3. The zero-order chi connectivity index (χ0) is 38.6. The molecule has 59 heavy (non-hydrogen) atoms. The van der Waals surface area contributed by atoms with Crippen molar-refractivity contribution in [1.82, 2.24) is 14.5 Å². The van der Waals surface area contributed by atoms with E-state index in [2.05, 4.69) is 193 Å². The Balaban J connectivity index is 1.04. The number of thiophene rings is 1. The Labute approximate surface area is 347 Å². The molecule has 0 unspecified atom stereocenters. The summed E-state index contributed by atoms with van der Waals surface area (Å²) >= 11 is 3.62. The third kappa shape index (κ3) is 4.96. The van der Waals surface area contributed by atoms with Gasteiger partial charge in [0.05, 0.1) is 32.6 Å². The molecule has 4 heterocycles. The standard InChI is InChI=1S/C54H31N3S2/c1-2-12-32(13-3-1)33-24-26-34(27-25-33)51-53-52(39-17-7-9-22-46(39)59-53)56-54(55-51)41-20-11-23-47-50(41)40-19-10-18-38-44(28-29-48(58-47)49(38)40)57-43-21-8-6-16-37(43)42-30-35-14-4-5-15-36(35)31-45(42)57/h1-31H. The SMILES string of the molecule is c1ccc(-c2ccc(-c3nc(-c4cccc5c4-c4cccc6c(-n7c8ccccc8c8cc9ccccc9cc87)ccc(c46)S5)nc4c3sc3ccccc34)cc2)cc1. The van der Waals surface area contributed by atoms with Crippen LogP contribution in [0.1, 0.15) is 0 Å². The van der Waals surface area contributed by atoms with Crippen LogP contribution in [0.4, 0.5) is 0 Å². The molecule has 3 aromatic heterocycles. The van der Waals surface area contributed by atoms with E-state index in [0.717, 1.165) is 38.2 Å². The number of hydrogen-bond acceptors (Lipinski definition) is 4. The first-order valence-corrected chi connectivity index (χ1v) is 21.5. The number of hydrogen-bond donors (Lipinski definition) is 0. The van der Waals surface area contributed by atoms with Gasteiger partial charge in [-0.3, -0.25) is 0 Å². The van der Waals surface area contributed by atoms with Crippen molar-refractivity contribution in [3.05, 3.63) is 188 Å². The van der Waals surface area contributed by atoms with Crippen LogP contribution in [-0.2, 0) is 0 Å². The van der Waals surface area contributed by atoms with Gasteiger partial charge in [0.2, 0.25) is 0 Å². The van der Waals surface area contributed by atoms with Crippen LogP contribution in [0.5, 0.6) is 0 Å². The van der Waals surface area contributed by atoms with E-state index in [1.165, 1.54) is 85.8 Å². The second-order valence-electron chi connectivity index (χ2n) is 15.3. The second kappa shape index (κ2) is 12.7. The minimum absolute atomic E-state index is 0.742. The number of para-hydroxylation sites is 1. The third-order valence-electron chi connectivity index (χ3n) is 12.0. The maximum Gasteiger partial charge on any atom is 0.161 e. The Hall–Kier alpha value is -7.05. The van der Waals surface area contributed by atoms with Crippen molar-refractivity contribution < 1.29 is 0 Å². The van der Waals surface area contributed by atoms with E-state index in [1.807, 2.05) is 11.8 Å². The molecule has 0 amide bonds. The molecule has 1 aliphatic rings. The van der Waals surface area contributed by atoms with Gasteiger partial charge in [0, 0.05) is 58.1 Å². The molecule has 274 valence electrons. The smallest absolute Gasteiger partial charge is 0.161 e. The zero-order valence-corrected chi connectivity index (χ0v) is 33.2. The summed E-state index contributed by atoms with van der Waals surface area (Å²) in [5.74, 6) is 0.742. The summed E-state index contributed by atoms with van der Waals surface area (Å²) in [6.07, 6.45) is 0. The van der Waals surface area contributed by atoms with Crippen molar-refractivity contribution >= 4 is 86.8 Å². The molecule has 5 heteroatoms. The molecule has 0 radical (unpaired) electrons. The summed E-state index contributed by atoms with van der Waals surface area (Å²) < 4.78 is 4.80. The largest absolute Gasteiger partial charge is 0.309 e. The molecule has 9 aromatic carbocycles. The molecule has 0 N–H and O–H groups in total. The van der Waals surface area contributed by atoms with Gasteiger partial charge in [0.15, 0.2) is 5.82 Å². The van der Waals surface area contributed by atoms with Gasteiger partial charge in [0.1, 0.15) is 0 Å². The fourth-order valence-corrected chi connectivity index (χ4v) is 11.6. The van der Waals surface area contributed by atoms with E-state index >= 15 is 0 Å². The second-order valence-corrected chi connectivity index (χ2v) is 17.4. The monoisotopic (exact) mass is 785 g/mol. The number of rotatable bonds is 4. The molecular weight excluding hydrogens is 755 g/mol. The minimum atomic E-state index is 0.742. The Morgan fingerprint density at radius 2 is 1.14 bits per heavy atom.